The molecule has 1 aromatic heterocycles. The summed E-state index contributed by atoms with van der Waals surface area (Å²) in [6, 6.07) is 21.2. The highest BCUT2D eigenvalue weighted by atomic mass is 79.9. The molecule has 0 aliphatic rings. The molecule has 0 N–H and O–H groups in total. The number of thiophene rings is 1. The molecular weight excluding hydrogens is 364 g/mol. The van der Waals surface area contributed by atoms with Gasteiger partial charge < -0.3 is 0 Å². The topological polar surface area (TPSA) is 0 Å². The average molecular weight is 374 g/mol. The van der Waals surface area contributed by atoms with Crippen molar-refractivity contribution in [1.29, 1.82) is 0 Å². The zero-order chi connectivity index (χ0) is 14.4. The van der Waals surface area contributed by atoms with Crippen LogP contribution in [0, 0.1) is 0 Å². The van der Waals surface area contributed by atoms with Gasteiger partial charge in [0.15, 0.2) is 0 Å². The second-order valence-electron chi connectivity index (χ2n) is 4.96. The van der Waals surface area contributed by atoms with E-state index in [-0.39, 0.29) is 0 Å². The summed E-state index contributed by atoms with van der Waals surface area (Å²) in [6.45, 7) is 0. The quantitative estimate of drug-likeness (QED) is 0.332. The Morgan fingerprint density at radius 1 is 0.714 bits per heavy atom. The SMILES string of the molecule is Clc1ccc2sc3ccc(-c4ccc(Br)cc4)cc3c2c1. The lowest BCUT2D eigenvalue weighted by atomic mass is 10.0. The van der Waals surface area contributed by atoms with Gasteiger partial charge in [0, 0.05) is 29.7 Å². The second kappa shape index (κ2) is 5.13. The molecule has 0 unspecified atom stereocenters. The zero-order valence-electron chi connectivity index (χ0n) is 10.9. The van der Waals surface area contributed by atoms with Crippen molar-refractivity contribution in [3.63, 3.8) is 0 Å². The summed E-state index contributed by atoms with van der Waals surface area (Å²) in [5, 5.41) is 3.30. The van der Waals surface area contributed by atoms with Gasteiger partial charge in [-0.25, -0.2) is 0 Å². The molecule has 1 heterocycles. The van der Waals surface area contributed by atoms with Gasteiger partial charge in [-0.1, -0.05) is 45.7 Å². The first kappa shape index (κ1) is 13.3. The third-order valence-electron chi connectivity index (χ3n) is 3.61. The van der Waals surface area contributed by atoms with Crippen molar-refractivity contribution in [2.75, 3.05) is 0 Å². The van der Waals surface area contributed by atoms with Gasteiger partial charge >= 0.3 is 0 Å². The van der Waals surface area contributed by atoms with Crippen LogP contribution in [0.1, 0.15) is 0 Å². The number of halogens is 2. The van der Waals surface area contributed by atoms with E-state index < -0.39 is 0 Å². The first-order valence-corrected chi connectivity index (χ1v) is 8.57. The molecule has 102 valence electrons. The lowest BCUT2D eigenvalue weighted by Gasteiger charge is -2.02. The summed E-state index contributed by atoms with van der Waals surface area (Å²) in [6.07, 6.45) is 0. The molecule has 3 heteroatoms. The number of hydrogen-bond donors (Lipinski definition) is 0. The van der Waals surface area contributed by atoms with E-state index in [0.29, 0.717) is 0 Å². The molecule has 0 nitrogen and oxygen atoms in total. The van der Waals surface area contributed by atoms with Gasteiger partial charge in [0.2, 0.25) is 0 Å². The molecule has 4 rings (SSSR count). The largest absolute Gasteiger partial charge is 0.135 e. The van der Waals surface area contributed by atoms with Crippen molar-refractivity contribution in [3.05, 3.63) is 70.2 Å². The summed E-state index contributed by atoms with van der Waals surface area (Å²) < 4.78 is 3.68. The highest BCUT2D eigenvalue weighted by Crippen LogP contribution is 2.37. The van der Waals surface area contributed by atoms with E-state index in [1.807, 2.05) is 17.4 Å². The van der Waals surface area contributed by atoms with E-state index in [9.17, 15) is 0 Å². The highest BCUT2D eigenvalue weighted by molar-refractivity contribution is 9.10. The number of fused-ring (bicyclic) bond motifs is 3. The predicted octanol–water partition coefficient (Wildman–Crippen LogP) is 7.14. The summed E-state index contributed by atoms with van der Waals surface area (Å²) in [5.41, 5.74) is 2.45. The fourth-order valence-corrected chi connectivity index (χ4v) is 4.07. The van der Waals surface area contributed by atoms with Gasteiger partial charge in [0.1, 0.15) is 0 Å². The van der Waals surface area contributed by atoms with Crippen LogP contribution in [-0.4, -0.2) is 0 Å². The standard InChI is InChI=1S/C18H10BrClS/c19-13-4-1-11(2-5-13)12-3-7-17-15(9-12)16-10-14(20)6-8-18(16)21-17/h1-10H. The Hall–Kier alpha value is -1.35. The van der Waals surface area contributed by atoms with Crippen LogP contribution < -0.4 is 0 Å². The summed E-state index contributed by atoms with van der Waals surface area (Å²) in [4.78, 5) is 0. The Labute approximate surface area is 140 Å². The van der Waals surface area contributed by atoms with Gasteiger partial charge in [-0.2, -0.15) is 0 Å². The van der Waals surface area contributed by atoms with E-state index in [2.05, 4.69) is 70.5 Å². The van der Waals surface area contributed by atoms with Crippen LogP contribution >= 0.6 is 38.9 Å². The van der Waals surface area contributed by atoms with Crippen LogP contribution in [0.25, 0.3) is 31.3 Å². The number of hydrogen-bond acceptors (Lipinski definition) is 1. The fraction of sp³-hybridized carbons (Fsp3) is 0. The maximum atomic E-state index is 6.15. The van der Waals surface area contributed by atoms with Crippen LogP contribution in [0.3, 0.4) is 0 Å². The summed E-state index contributed by atoms with van der Waals surface area (Å²) >= 11 is 11.4. The minimum atomic E-state index is 0.788. The molecule has 0 bridgehead atoms. The third-order valence-corrected chi connectivity index (χ3v) is 5.52. The molecule has 0 spiro atoms. The molecule has 0 saturated carbocycles. The molecule has 0 amide bonds. The van der Waals surface area contributed by atoms with E-state index >= 15 is 0 Å². The van der Waals surface area contributed by atoms with Crippen molar-refractivity contribution >= 4 is 59.0 Å². The fourth-order valence-electron chi connectivity index (χ4n) is 2.57. The molecule has 0 radical (unpaired) electrons. The Kier molecular flexibility index (Phi) is 3.26. The van der Waals surface area contributed by atoms with Gasteiger partial charge in [-0.05, 0) is 53.6 Å². The van der Waals surface area contributed by atoms with Crippen molar-refractivity contribution in [2.24, 2.45) is 0 Å². The maximum Gasteiger partial charge on any atom is 0.0413 e. The smallest absolute Gasteiger partial charge is 0.0413 e. The van der Waals surface area contributed by atoms with Crippen LogP contribution in [0.2, 0.25) is 5.02 Å². The molecule has 0 atom stereocenters. The molecule has 4 aromatic rings. The Morgan fingerprint density at radius 3 is 2.10 bits per heavy atom. The van der Waals surface area contributed by atoms with Crippen molar-refractivity contribution < 1.29 is 0 Å². The van der Waals surface area contributed by atoms with E-state index in [1.54, 1.807) is 0 Å². The van der Waals surface area contributed by atoms with Crippen LogP contribution in [0.15, 0.2) is 65.1 Å². The van der Waals surface area contributed by atoms with Gasteiger partial charge in [0.05, 0.1) is 0 Å². The van der Waals surface area contributed by atoms with Crippen molar-refractivity contribution in [3.8, 4) is 11.1 Å². The highest BCUT2D eigenvalue weighted by Gasteiger charge is 2.07. The number of benzene rings is 3. The molecule has 0 saturated heterocycles. The molecule has 0 aliphatic carbocycles. The minimum Gasteiger partial charge on any atom is -0.135 e. The predicted molar refractivity (Wildman–Crippen MR) is 97.5 cm³/mol. The van der Waals surface area contributed by atoms with E-state index in [1.165, 1.54) is 31.3 Å². The van der Waals surface area contributed by atoms with Crippen LogP contribution in [0.4, 0.5) is 0 Å². The Bertz CT molecular complexity index is 954. The summed E-state index contributed by atoms with van der Waals surface area (Å²) in [5.74, 6) is 0. The summed E-state index contributed by atoms with van der Waals surface area (Å²) in [7, 11) is 0. The first-order chi connectivity index (χ1) is 10.2. The minimum absolute atomic E-state index is 0.788. The Balaban J connectivity index is 1.98. The molecule has 0 fully saturated rings. The van der Waals surface area contributed by atoms with E-state index in [4.69, 9.17) is 11.6 Å². The third kappa shape index (κ3) is 2.38. The van der Waals surface area contributed by atoms with E-state index in [0.717, 1.165) is 9.50 Å². The van der Waals surface area contributed by atoms with Crippen LogP contribution in [-0.2, 0) is 0 Å². The number of rotatable bonds is 1. The molecule has 0 aliphatic heterocycles. The lowest BCUT2D eigenvalue weighted by Crippen LogP contribution is -1.77. The van der Waals surface area contributed by atoms with Crippen molar-refractivity contribution in [1.82, 2.24) is 0 Å². The molecular formula is C18H10BrClS. The van der Waals surface area contributed by atoms with Crippen LogP contribution in [0.5, 0.6) is 0 Å². The lowest BCUT2D eigenvalue weighted by molar-refractivity contribution is 1.62. The first-order valence-electron chi connectivity index (χ1n) is 6.58. The monoisotopic (exact) mass is 372 g/mol. The zero-order valence-corrected chi connectivity index (χ0v) is 14.1. The van der Waals surface area contributed by atoms with Gasteiger partial charge in [-0.3, -0.25) is 0 Å². The van der Waals surface area contributed by atoms with Gasteiger partial charge in [-0.15, -0.1) is 11.3 Å². The molecule has 3 aromatic carbocycles. The molecule has 21 heavy (non-hydrogen) atoms. The van der Waals surface area contributed by atoms with Gasteiger partial charge in [0.25, 0.3) is 0 Å². The normalized spacial score (nSPS) is 11.3. The second-order valence-corrected chi connectivity index (χ2v) is 7.40. The van der Waals surface area contributed by atoms with Crippen molar-refractivity contribution in [2.45, 2.75) is 0 Å². The Morgan fingerprint density at radius 2 is 1.33 bits per heavy atom. The maximum absolute atomic E-state index is 6.15. The average Bonchev–Trinajstić information content (AvgIpc) is 2.85.